The summed E-state index contributed by atoms with van der Waals surface area (Å²) < 4.78 is 11.0. The molecule has 222 valence electrons. The molecule has 2 N–H and O–H groups in total. The van der Waals surface area contributed by atoms with Crippen LogP contribution in [0.15, 0.2) is 60.1 Å². The molecule has 42 heavy (non-hydrogen) atoms. The molecule has 2 saturated heterocycles. The monoisotopic (exact) mass is 592 g/mol. The molecule has 2 aliphatic heterocycles. The second kappa shape index (κ2) is 11.7. The largest absolute Gasteiger partial charge is 0.445 e. The summed E-state index contributed by atoms with van der Waals surface area (Å²) in [6.45, 7) is 7.72. The molecule has 5 rings (SSSR count). The fraction of sp³-hybridized carbons (Fsp3) is 0.419. The number of aliphatic hydroxyl groups excluding tert-OH is 1. The Hall–Kier alpha value is -3.96. The van der Waals surface area contributed by atoms with Crippen LogP contribution in [-0.2, 0) is 26.4 Å². The Balaban J connectivity index is 1.35. The number of aliphatic hydroxyl groups is 1. The summed E-state index contributed by atoms with van der Waals surface area (Å²) in [5.41, 5.74) is 3.79. The lowest BCUT2D eigenvalue weighted by Crippen LogP contribution is -2.70. The van der Waals surface area contributed by atoms with E-state index in [0.29, 0.717) is 0 Å². The Labute approximate surface area is 249 Å². The minimum Gasteiger partial charge on any atom is -0.445 e. The van der Waals surface area contributed by atoms with Gasteiger partial charge in [0.05, 0.1) is 41.8 Å². The molecule has 11 heteroatoms. The number of aromatic nitrogens is 1. The number of carbonyl (C=O) groups is 3. The number of nitrogens with one attached hydrogen (secondary N) is 1. The van der Waals surface area contributed by atoms with Gasteiger partial charge < -0.3 is 24.8 Å². The van der Waals surface area contributed by atoms with E-state index in [1.165, 1.54) is 4.90 Å². The first-order valence-corrected chi connectivity index (χ1v) is 14.8. The first-order valence-electron chi connectivity index (χ1n) is 13.9. The van der Waals surface area contributed by atoms with Crippen molar-refractivity contribution in [3.05, 3.63) is 76.9 Å². The predicted octanol–water partition coefficient (Wildman–Crippen LogP) is 4.45. The minimum absolute atomic E-state index is 0.000828. The molecule has 1 aromatic heterocycles. The van der Waals surface area contributed by atoms with E-state index in [-0.39, 0.29) is 32.7 Å². The standard InChI is InChI=1S/C31H36N4O6S/c1-20-26(42-19-32-20)22-10-12-23(13-11-22)31(17-34(18-31)28(38)40-16-21-8-6-5-7-9-21)33-27(37)25-14-24(36)15-35(25)29(39)41-30(2,3)4/h5-13,19,24-25,36H,14-18H2,1-4H3,(H,33,37)/t24-,25+/m1/s1. The molecule has 2 fully saturated rings. The average molecular weight is 593 g/mol. The van der Waals surface area contributed by atoms with Crippen LogP contribution >= 0.6 is 11.3 Å². The highest BCUT2D eigenvalue weighted by Gasteiger charge is 2.51. The fourth-order valence-electron chi connectivity index (χ4n) is 5.30. The van der Waals surface area contributed by atoms with E-state index >= 15 is 0 Å². The van der Waals surface area contributed by atoms with Crippen LogP contribution in [0.1, 0.15) is 44.0 Å². The molecule has 0 spiro atoms. The molecule has 0 radical (unpaired) electrons. The fourth-order valence-corrected chi connectivity index (χ4v) is 6.11. The molecular weight excluding hydrogens is 556 g/mol. The predicted molar refractivity (Wildman–Crippen MR) is 158 cm³/mol. The lowest BCUT2D eigenvalue weighted by atomic mass is 9.81. The number of benzene rings is 2. The molecule has 3 amide bonds. The van der Waals surface area contributed by atoms with Gasteiger partial charge in [-0.25, -0.2) is 14.6 Å². The zero-order valence-corrected chi connectivity index (χ0v) is 25.0. The number of thiazole rings is 1. The molecular formula is C31H36N4O6S. The maximum absolute atomic E-state index is 13.7. The summed E-state index contributed by atoms with van der Waals surface area (Å²) in [7, 11) is 0. The number of hydrogen-bond donors (Lipinski definition) is 2. The summed E-state index contributed by atoms with van der Waals surface area (Å²) in [4.78, 5) is 47.7. The SMILES string of the molecule is Cc1ncsc1-c1ccc(C2(NC(=O)[C@@H]3C[C@@H](O)CN3C(=O)OC(C)(C)C)CN(C(=O)OCc3ccccc3)C2)cc1. The number of rotatable bonds is 6. The van der Waals surface area contributed by atoms with Crippen LogP contribution in [0, 0.1) is 6.92 Å². The molecule has 3 heterocycles. The van der Waals surface area contributed by atoms with Gasteiger partial charge in [0, 0.05) is 6.42 Å². The van der Waals surface area contributed by atoms with Gasteiger partial charge in [-0.3, -0.25) is 9.69 Å². The summed E-state index contributed by atoms with van der Waals surface area (Å²) >= 11 is 1.55. The highest BCUT2D eigenvalue weighted by Crippen LogP contribution is 2.36. The number of amides is 3. The van der Waals surface area contributed by atoms with Crippen LogP contribution in [-0.4, -0.2) is 75.4 Å². The van der Waals surface area contributed by atoms with Crippen molar-refractivity contribution in [1.82, 2.24) is 20.1 Å². The van der Waals surface area contributed by atoms with Crippen molar-refractivity contribution >= 4 is 29.4 Å². The topological polar surface area (TPSA) is 121 Å². The van der Waals surface area contributed by atoms with Crippen molar-refractivity contribution in [3.63, 3.8) is 0 Å². The third-order valence-corrected chi connectivity index (χ3v) is 8.38. The number of aryl methyl sites for hydroxylation is 1. The maximum atomic E-state index is 13.7. The number of likely N-dealkylation sites (tertiary alicyclic amines) is 2. The number of nitrogens with zero attached hydrogens (tertiary/aromatic N) is 3. The third-order valence-electron chi connectivity index (χ3n) is 7.40. The summed E-state index contributed by atoms with van der Waals surface area (Å²) in [6, 6.07) is 16.3. The van der Waals surface area contributed by atoms with Gasteiger partial charge in [-0.2, -0.15) is 0 Å². The van der Waals surface area contributed by atoms with Crippen LogP contribution in [0.2, 0.25) is 0 Å². The van der Waals surface area contributed by atoms with Crippen molar-refractivity contribution < 1.29 is 29.0 Å². The van der Waals surface area contributed by atoms with Crippen LogP contribution in [0.4, 0.5) is 9.59 Å². The third kappa shape index (κ3) is 6.42. The Morgan fingerprint density at radius 1 is 1.07 bits per heavy atom. The summed E-state index contributed by atoms with van der Waals surface area (Å²) in [5.74, 6) is -0.419. The van der Waals surface area contributed by atoms with E-state index in [1.807, 2.05) is 61.5 Å². The summed E-state index contributed by atoms with van der Waals surface area (Å²) in [6.07, 6.45) is -1.89. The molecule has 0 aliphatic carbocycles. The van der Waals surface area contributed by atoms with Crippen molar-refractivity contribution in [1.29, 1.82) is 0 Å². The second-order valence-corrected chi connectivity index (χ2v) is 12.7. The molecule has 2 aromatic carbocycles. The smallest absolute Gasteiger partial charge is 0.411 e. The zero-order valence-electron chi connectivity index (χ0n) is 24.2. The Morgan fingerprint density at radius 2 is 1.76 bits per heavy atom. The van der Waals surface area contributed by atoms with Gasteiger partial charge >= 0.3 is 12.2 Å². The second-order valence-electron chi connectivity index (χ2n) is 11.8. The van der Waals surface area contributed by atoms with Crippen LogP contribution in [0.3, 0.4) is 0 Å². The first-order chi connectivity index (χ1) is 19.9. The quantitative estimate of drug-likeness (QED) is 0.434. The van der Waals surface area contributed by atoms with Crippen molar-refractivity contribution in [3.8, 4) is 10.4 Å². The van der Waals surface area contributed by atoms with Crippen molar-refractivity contribution in [2.24, 2.45) is 0 Å². The molecule has 0 bridgehead atoms. The summed E-state index contributed by atoms with van der Waals surface area (Å²) in [5, 5.41) is 13.5. The lowest BCUT2D eigenvalue weighted by Gasteiger charge is -2.50. The van der Waals surface area contributed by atoms with Crippen molar-refractivity contribution in [2.45, 2.75) is 64.0 Å². The van der Waals surface area contributed by atoms with E-state index in [0.717, 1.165) is 27.3 Å². The highest BCUT2D eigenvalue weighted by molar-refractivity contribution is 7.13. The van der Waals surface area contributed by atoms with Gasteiger partial charge in [0.15, 0.2) is 0 Å². The molecule has 10 nitrogen and oxygen atoms in total. The first kappa shape index (κ1) is 29.5. The zero-order chi connectivity index (χ0) is 30.1. The molecule has 2 atom stereocenters. The van der Waals surface area contributed by atoms with Gasteiger partial charge in [0.2, 0.25) is 5.91 Å². The van der Waals surface area contributed by atoms with Crippen molar-refractivity contribution in [2.75, 3.05) is 19.6 Å². The normalized spacial score (nSPS) is 19.6. The maximum Gasteiger partial charge on any atom is 0.411 e. The van der Waals surface area contributed by atoms with E-state index in [1.54, 1.807) is 42.5 Å². The van der Waals surface area contributed by atoms with E-state index < -0.39 is 41.4 Å². The lowest BCUT2D eigenvalue weighted by molar-refractivity contribution is -0.130. The molecule has 3 aromatic rings. The number of ether oxygens (including phenoxy) is 2. The van der Waals surface area contributed by atoms with Crippen LogP contribution in [0.25, 0.3) is 10.4 Å². The van der Waals surface area contributed by atoms with Gasteiger partial charge in [0.25, 0.3) is 0 Å². The minimum atomic E-state index is -0.912. The van der Waals surface area contributed by atoms with Gasteiger partial charge in [0.1, 0.15) is 23.8 Å². The Bertz CT molecular complexity index is 1430. The number of carbonyl (C=O) groups excluding carboxylic acids is 3. The highest BCUT2D eigenvalue weighted by atomic mass is 32.1. The van der Waals surface area contributed by atoms with Crippen LogP contribution in [0.5, 0.6) is 0 Å². The number of hydrogen-bond acceptors (Lipinski definition) is 8. The van der Waals surface area contributed by atoms with Gasteiger partial charge in [-0.05, 0) is 44.4 Å². The van der Waals surface area contributed by atoms with Gasteiger partial charge in [-0.1, -0.05) is 54.6 Å². The Kier molecular flexibility index (Phi) is 8.25. The molecule has 0 unspecified atom stereocenters. The van der Waals surface area contributed by atoms with E-state index in [2.05, 4.69) is 10.3 Å². The molecule has 0 saturated carbocycles. The van der Waals surface area contributed by atoms with E-state index in [4.69, 9.17) is 9.47 Å². The Morgan fingerprint density at radius 3 is 2.38 bits per heavy atom. The van der Waals surface area contributed by atoms with Crippen LogP contribution < -0.4 is 5.32 Å². The molecule has 2 aliphatic rings. The van der Waals surface area contributed by atoms with Gasteiger partial charge in [-0.15, -0.1) is 11.3 Å². The number of β-amino-alcohol motifs (C(OH)–C–C–N with tert-alkyl or cyclic N) is 1. The van der Waals surface area contributed by atoms with E-state index in [9.17, 15) is 19.5 Å². The average Bonchev–Trinajstić information content (AvgIpc) is 3.54.